The van der Waals surface area contributed by atoms with E-state index in [1.165, 1.54) is 0 Å². The molecule has 0 fully saturated rings. The third-order valence-electron chi connectivity index (χ3n) is 3.70. The third kappa shape index (κ3) is 4.03. The Morgan fingerprint density at radius 3 is 2.69 bits per heavy atom. The molecule has 0 unspecified atom stereocenters. The highest BCUT2D eigenvalue weighted by molar-refractivity contribution is 9.10. The highest BCUT2D eigenvalue weighted by atomic mass is 79.9. The van der Waals surface area contributed by atoms with E-state index in [4.69, 9.17) is 21.7 Å². The van der Waals surface area contributed by atoms with Crippen molar-refractivity contribution in [1.82, 2.24) is 14.9 Å². The topological polar surface area (TPSA) is 64.4 Å². The summed E-state index contributed by atoms with van der Waals surface area (Å²) in [5, 5.41) is 11.6. The molecule has 0 aliphatic heterocycles. The number of halogens is 1. The maximum absolute atomic E-state index is 5.36. The Morgan fingerprint density at radius 1 is 1.23 bits per heavy atom. The lowest BCUT2D eigenvalue weighted by Crippen LogP contribution is -2.01. The fraction of sp³-hybridized carbons (Fsp3) is 0.167. The second-order valence-corrected chi connectivity index (χ2v) is 6.64. The Bertz CT molecular complexity index is 983. The number of benzene rings is 2. The molecule has 0 spiro atoms. The summed E-state index contributed by atoms with van der Waals surface area (Å²) >= 11 is 8.77. The van der Waals surface area contributed by atoms with Crippen molar-refractivity contribution in [2.45, 2.75) is 6.42 Å². The molecular weight excluding hydrogens is 416 g/mol. The first kappa shape index (κ1) is 18.3. The normalized spacial score (nSPS) is 11.0. The quantitative estimate of drug-likeness (QED) is 0.468. The van der Waals surface area contributed by atoms with Gasteiger partial charge in [-0.25, -0.2) is 0 Å². The zero-order valence-corrected chi connectivity index (χ0v) is 16.7. The average Bonchev–Trinajstić information content (AvgIpc) is 2.99. The maximum Gasteiger partial charge on any atom is 0.216 e. The maximum atomic E-state index is 5.36. The number of nitrogens with zero attached hydrogens (tertiary/aromatic N) is 3. The molecule has 0 aliphatic rings. The number of H-pyrrole nitrogens is 1. The van der Waals surface area contributed by atoms with E-state index in [1.54, 1.807) is 25.1 Å². The van der Waals surface area contributed by atoms with Crippen LogP contribution >= 0.6 is 28.1 Å². The van der Waals surface area contributed by atoms with Crippen molar-refractivity contribution >= 4 is 34.4 Å². The van der Waals surface area contributed by atoms with Crippen LogP contribution in [0.25, 0.3) is 0 Å². The third-order valence-corrected chi connectivity index (χ3v) is 4.55. The number of ether oxygens (including phenoxy) is 2. The molecule has 26 heavy (non-hydrogen) atoms. The van der Waals surface area contributed by atoms with Gasteiger partial charge in [-0.05, 0) is 51.4 Å². The SMILES string of the molecule is COc1cc(/C=N\n2c(Cc3ccccc3)n[nH]c2=S)cc(Br)c1OC. The largest absolute Gasteiger partial charge is 0.493 e. The van der Waals surface area contributed by atoms with Gasteiger partial charge in [0, 0.05) is 6.42 Å². The Hall–Kier alpha value is -2.45. The van der Waals surface area contributed by atoms with Gasteiger partial charge in [-0.3, -0.25) is 5.10 Å². The van der Waals surface area contributed by atoms with Crippen LogP contribution < -0.4 is 9.47 Å². The molecule has 6 nitrogen and oxygen atoms in total. The minimum Gasteiger partial charge on any atom is -0.493 e. The van der Waals surface area contributed by atoms with Crippen molar-refractivity contribution in [3.05, 3.63) is 68.7 Å². The molecule has 3 aromatic rings. The average molecular weight is 433 g/mol. The standard InChI is InChI=1S/C18H17BrN4O2S/c1-24-15-9-13(8-14(19)17(15)25-2)11-20-23-16(21-22-18(23)26)10-12-6-4-3-5-7-12/h3-9,11H,10H2,1-2H3,(H,22,26)/b20-11-. The molecule has 1 heterocycles. The van der Waals surface area contributed by atoms with Crippen LogP contribution in [0.3, 0.4) is 0 Å². The number of aromatic amines is 1. The van der Waals surface area contributed by atoms with Crippen LogP contribution in [0.4, 0.5) is 0 Å². The van der Waals surface area contributed by atoms with E-state index < -0.39 is 0 Å². The van der Waals surface area contributed by atoms with E-state index in [0.717, 1.165) is 21.4 Å². The first-order chi connectivity index (χ1) is 12.6. The fourth-order valence-electron chi connectivity index (χ4n) is 2.47. The van der Waals surface area contributed by atoms with Crippen molar-refractivity contribution in [2.24, 2.45) is 5.10 Å². The van der Waals surface area contributed by atoms with Gasteiger partial charge in [0.1, 0.15) is 0 Å². The van der Waals surface area contributed by atoms with Gasteiger partial charge >= 0.3 is 0 Å². The number of nitrogens with one attached hydrogen (secondary N) is 1. The second kappa shape index (κ2) is 8.29. The smallest absolute Gasteiger partial charge is 0.216 e. The minimum atomic E-state index is 0.437. The summed E-state index contributed by atoms with van der Waals surface area (Å²) in [4.78, 5) is 0. The van der Waals surface area contributed by atoms with E-state index in [-0.39, 0.29) is 0 Å². The predicted molar refractivity (Wildman–Crippen MR) is 107 cm³/mol. The molecule has 1 N–H and O–H groups in total. The van der Waals surface area contributed by atoms with Crippen LogP contribution in [0, 0.1) is 4.77 Å². The molecule has 0 amide bonds. The number of hydrogen-bond acceptors (Lipinski definition) is 5. The lowest BCUT2D eigenvalue weighted by Gasteiger charge is -2.10. The summed E-state index contributed by atoms with van der Waals surface area (Å²) in [6.45, 7) is 0. The van der Waals surface area contributed by atoms with Gasteiger partial charge in [0.15, 0.2) is 17.3 Å². The Morgan fingerprint density at radius 2 is 2.00 bits per heavy atom. The second-order valence-electron chi connectivity index (χ2n) is 5.40. The zero-order chi connectivity index (χ0) is 18.5. The predicted octanol–water partition coefficient (Wildman–Crippen LogP) is 4.19. The van der Waals surface area contributed by atoms with Crippen LogP contribution in [0.1, 0.15) is 17.0 Å². The molecule has 0 atom stereocenters. The van der Waals surface area contributed by atoms with E-state index in [1.807, 2.05) is 42.5 Å². The van der Waals surface area contributed by atoms with E-state index >= 15 is 0 Å². The van der Waals surface area contributed by atoms with Crippen LogP contribution in [0.15, 0.2) is 52.0 Å². The van der Waals surface area contributed by atoms with Gasteiger partial charge < -0.3 is 9.47 Å². The van der Waals surface area contributed by atoms with Crippen molar-refractivity contribution in [2.75, 3.05) is 14.2 Å². The molecule has 0 radical (unpaired) electrons. The highest BCUT2D eigenvalue weighted by Crippen LogP contribution is 2.35. The lowest BCUT2D eigenvalue weighted by molar-refractivity contribution is 0.353. The van der Waals surface area contributed by atoms with Crippen molar-refractivity contribution in [3.8, 4) is 11.5 Å². The van der Waals surface area contributed by atoms with Gasteiger partial charge in [0.05, 0.1) is 24.9 Å². The van der Waals surface area contributed by atoms with E-state index in [2.05, 4.69) is 31.2 Å². The van der Waals surface area contributed by atoms with Gasteiger partial charge in [-0.2, -0.15) is 14.9 Å². The van der Waals surface area contributed by atoms with Gasteiger partial charge in [0.25, 0.3) is 0 Å². The molecule has 8 heteroatoms. The molecule has 0 saturated carbocycles. The summed E-state index contributed by atoms with van der Waals surface area (Å²) in [7, 11) is 3.19. The molecular formula is C18H17BrN4O2S. The molecule has 0 bridgehead atoms. The molecule has 1 aromatic heterocycles. The van der Waals surface area contributed by atoms with Gasteiger partial charge in [-0.1, -0.05) is 30.3 Å². The minimum absolute atomic E-state index is 0.437. The molecule has 3 rings (SSSR count). The molecule has 0 aliphatic carbocycles. The summed E-state index contributed by atoms with van der Waals surface area (Å²) in [5.74, 6) is 1.98. The Kier molecular flexibility index (Phi) is 5.85. The van der Waals surface area contributed by atoms with Crippen LogP contribution in [0.2, 0.25) is 0 Å². The van der Waals surface area contributed by atoms with Crippen molar-refractivity contribution < 1.29 is 9.47 Å². The zero-order valence-electron chi connectivity index (χ0n) is 14.3. The molecule has 0 saturated heterocycles. The first-order valence-electron chi connectivity index (χ1n) is 7.78. The highest BCUT2D eigenvalue weighted by Gasteiger charge is 2.10. The van der Waals surface area contributed by atoms with Gasteiger partial charge in [-0.15, -0.1) is 0 Å². The summed E-state index contributed by atoms with van der Waals surface area (Å²) in [5.41, 5.74) is 1.97. The van der Waals surface area contributed by atoms with E-state index in [0.29, 0.717) is 22.7 Å². The molecule has 2 aromatic carbocycles. The Labute approximate surface area is 164 Å². The Balaban J connectivity index is 1.91. The van der Waals surface area contributed by atoms with E-state index in [9.17, 15) is 0 Å². The summed E-state index contributed by atoms with van der Waals surface area (Å²) < 4.78 is 13.5. The number of hydrogen-bond donors (Lipinski definition) is 1. The monoisotopic (exact) mass is 432 g/mol. The van der Waals surface area contributed by atoms with Crippen molar-refractivity contribution in [1.29, 1.82) is 0 Å². The first-order valence-corrected chi connectivity index (χ1v) is 8.98. The van der Waals surface area contributed by atoms with Crippen molar-refractivity contribution in [3.63, 3.8) is 0 Å². The fourth-order valence-corrected chi connectivity index (χ4v) is 3.29. The van der Waals surface area contributed by atoms with Crippen LogP contribution in [-0.4, -0.2) is 35.3 Å². The summed E-state index contributed by atoms with van der Waals surface area (Å²) in [6.07, 6.45) is 2.33. The van der Waals surface area contributed by atoms with Gasteiger partial charge in [0.2, 0.25) is 4.77 Å². The number of methoxy groups -OCH3 is 2. The van der Waals surface area contributed by atoms with Crippen LogP contribution in [0.5, 0.6) is 11.5 Å². The summed E-state index contributed by atoms with van der Waals surface area (Å²) in [6, 6.07) is 13.8. The molecule has 134 valence electrons. The van der Waals surface area contributed by atoms with Crippen LogP contribution in [-0.2, 0) is 6.42 Å². The number of aromatic nitrogens is 3. The lowest BCUT2D eigenvalue weighted by atomic mass is 10.1. The number of rotatable bonds is 6.